The SMILES string of the molecule is COc1cc(Cl)cc(C(C)Nc2cc(N3CCC(N)C3)ccc2S(C)(=O)=O)c1OC. The van der Waals surface area contributed by atoms with Crippen LogP contribution in [0.2, 0.25) is 5.02 Å². The Morgan fingerprint density at radius 1 is 1.23 bits per heavy atom. The quantitative estimate of drug-likeness (QED) is 0.662. The molecular formula is C21H28ClN3O4S. The summed E-state index contributed by atoms with van der Waals surface area (Å²) in [5.41, 5.74) is 8.25. The molecule has 3 N–H and O–H groups in total. The molecule has 1 saturated heterocycles. The highest BCUT2D eigenvalue weighted by Crippen LogP contribution is 2.40. The maximum Gasteiger partial charge on any atom is 0.177 e. The summed E-state index contributed by atoms with van der Waals surface area (Å²) >= 11 is 6.26. The van der Waals surface area contributed by atoms with Gasteiger partial charge in [-0.2, -0.15) is 0 Å². The fraction of sp³-hybridized carbons (Fsp3) is 0.429. The Kier molecular flexibility index (Phi) is 6.69. The second-order valence-corrected chi connectivity index (χ2v) is 9.96. The van der Waals surface area contributed by atoms with Gasteiger partial charge in [0.05, 0.1) is 30.8 Å². The van der Waals surface area contributed by atoms with E-state index in [2.05, 4.69) is 10.2 Å². The van der Waals surface area contributed by atoms with E-state index in [9.17, 15) is 8.42 Å². The summed E-state index contributed by atoms with van der Waals surface area (Å²) in [7, 11) is -0.336. The Bertz CT molecular complexity index is 1030. The van der Waals surface area contributed by atoms with Gasteiger partial charge in [0.15, 0.2) is 21.3 Å². The Hall–Kier alpha value is -2.16. The van der Waals surface area contributed by atoms with Crippen LogP contribution in [0, 0.1) is 0 Å². The van der Waals surface area contributed by atoms with E-state index < -0.39 is 9.84 Å². The zero-order valence-electron chi connectivity index (χ0n) is 17.6. The van der Waals surface area contributed by atoms with E-state index in [0.29, 0.717) is 22.2 Å². The summed E-state index contributed by atoms with van der Waals surface area (Å²) in [6.45, 7) is 3.50. The third-order valence-electron chi connectivity index (χ3n) is 5.26. The molecule has 0 radical (unpaired) electrons. The van der Waals surface area contributed by atoms with E-state index in [1.807, 2.05) is 19.1 Å². The van der Waals surface area contributed by atoms with Crippen LogP contribution in [0.5, 0.6) is 11.5 Å². The van der Waals surface area contributed by atoms with Crippen molar-refractivity contribution in [2.45, 2.75) is 30.3 Å². The molecule has 2 aromatic carbocycles. The molecule has 1 heterocycles. The van der Waals surface area contributed by atoms with Gasteiger partial charge in [0.2, 0.25) is 0 Å². The van der Waals surface area contributed by atoms with E-state index in [1.165, 1.54) is 6.26 Å². The van der Waals surface area contributed by atoms with Crippen LogP contribution < -0.4 is 25.4 Å². The number of hydrogen-bond donors (Lipinski definition) is 2. The lowest BCUT2D eigenvalue weighted by Crippen LogP contribution is -2.26. The lowest BCUT2D eigenvalue weighted by molar-refractivity contribution is 0.350. The zero-order valence-corrected chi connectivity index (χ0v) is 19.2. The molecule has 30 heavy (non-hydrogen) atoms. The molecule has 9 heteroatoms. The van der Waals surface area contributed by atoms with E-state index >= 15 is 0 Å². The van der Waals surface area contributed by atoms with Crippen LogP contribution in [0.1, 0.15) is 24.9 Å². The molecular weight excluding hydrogens is 426 g/mol. The molecule has 2 aromatic rings. The zero-order chi connectivity index (χ0) is 22.1. The van der Waals surface area contributed by atoms with Gasteiger partial charge >= 0.3 is 0 Å². The van der Waals surface area contributed by atoms with Crippen molar-refractivity contribution in [1.29, 1.82) is 0 Å². The van der Waals surface area contributed by atoms with E-state index in [-0.39, 0.29) is 17.0 Å². The number of nitrogens with two attached hydrogens (primary N) is 1. The summed E-state index contributed by atoms with van der Waals surface area (Å²) in [6, 6.07) is 8.60. The third kappa shape index (κ3) is 4.77. The van der Waals surface area contributed by atoms with Gasteiger partial charge in [0, 0.05) is 47.7 Å². The van der Waals surface area contributed by atoms with Crippen molar-refractivity contribution in [3.63, 3.8) is 0 Å². The molecule has 0 saturated carbocycles. The minimum Gasteiger partial charge on any atom is -0.493 e. The molecule has 0 bridgehead atoms. The summed E-state index contributed by atoms with van der Waals surface area (Å²) < 4.78 is 35.7. The van der Waals surface area contributed by atoms with Gasteiger partial charge in [-0.1, -0.05) is 11.6 Å². The van der Waals surface area contributed by atoms with Gasteiger partial charge in [-0.25, -0.2) is 8.42 Å². The standard InChI is InChI=1S/C21H28ClN3O4S/c1-13(17-9-14(22)10-19(28-2)21(17)29-3)24-18-11-16(25-8-7-15(23)12-25)5-6-20(18)30(4,26)27/h5-6,9-11,13,15,24H,7-8,12,23H2,1-4H3. The summed E-state index contributed by atoms with van der Waals surface area (Å²) in [5, 5.41) is 3.83. The lowest BCUT2D eigenvalue weighted by atomic mass is 10.1. The van der Waals surface area contributed by atoms with Gasteiger partial charge in [-0.15, -0.1) is 0 Å². The van der Waals surface area contributed by atoms with Crippen LogP contribution in [0.25, 0.3) is 0 Å². The van der Waals surface area contributed by atoms with Crippen LogP contribution in [0.4, 0.5) is 11.4 Å². The van der Waals surface area contributed by atoms with Crippen molar-refractivity contribution in [2.24, 2.45) is 5.73 Å². The predicted molar refractivity (Wildman–Crippen MR) is 121 cm³/mol. The Morgan fingerprint density at radius 3 is 2.53 bits per heavy atom. The van der Waals surface area contributed by atoms with Crippen molar-refractivity contribution in [1.82, 2.24) is 0 Å². The average molecular weight is 454 g/mol. The van der Waals surface area contributed by atoms with Crippen molar-refractivity contribution < 1.29 is 17.9 Å². The number of hydrogen-bond acceptors (Lipinski definition) is 7. The van der Waals surface area contributed by atoms with Gasteiger partial charge in [-0.05, 0) is 37.6 Å². The largest absolute Gasteiger partial charge is 0.493 e. The number of halogens is 1. The Labute approximate surface area is 183 Å². The minimum absolute atomic E-state index is 0.123. The first-order valence-corrected chi connectivity index (χ1v) is 11.9. The topological polar surface area (TPSA) is 93.9 Å². The minimum atomic E-state index is -3.44. The fourth-order valence-electron chi connectivity index (χ4n) is 3.76. The Balaban J connectivity index is 2.01. The molecule has 2 atom stereocenters. The first-order chi connectivity index (χ1) is 14.1. The number of ether oxygens (including phenoxy) is 2. The number of sulfone groups is 1. The van der Waals surface area contributed by atoms with Crippen LogP contribution in [-0.4, -0.2) is 48.0 Å². The number of nitrogens with zero attached hydrogens (tertiary/aromatic N) is 1. The molecule has 0 aromatic heterocycles. The van der Waals surface area contributed by atoms with Crippen molar-refractivity contribution >= 4 is 32.8 Å². The van der Waals surface area contributed by atoms with Crippen LogP contribution in [0.3, 0.4) is 0 Å². The monoisotopic (exact) mass is 453 g/mol. The molecule has 2 unspecified atom stereocenters. The maximum atomic E-state index is 12.4. The van der Waals surface area contributed by atoms with Gasteiger partial charge in [-0.3, -0.25) is 0 Å². The van der Waals surface area contributed by atoms with Crippen LogP contribution >= 0.6 is 11.6 Å². The number of methoxy groups -OCH3 is 2. The van der Waals surface area contributed by atoms with Crippen molar-refractivity contribution in [3.05, 3.63) is 40.9 Å². The first-order valence-electron chi connectivity index (χ1n) is 9.66. The fourth-order valence-corrected chi connectivity index (χ4v) is 4.81. The van der Waals surface area contributed by atoms with Crippen molar-refractivity contribution in [2.75, 3.05) is 43.8 Å². The summed E-state index contributed by atoms with van der Waals surface area (Å²) in [4.78, 5) is 2.39. The van der Waals surface area contributed by atoms with Gasteiger partial charge < -0.3 is 25.4 Å². The molecule has 7 nitrogen and oxygen atoms in total. The second-order valence-electron chi connectivity index (χ2n) is 7.54. The molecule has 1 fully saturated rings. The molecule has 0 spiro atoms. The maximum absolute atomic E-state index is 12.4. The molecule has 0 aliphatic carbocycles. The average Bonchev–Trinajstić information content (AvgIpc) is 3.12. The van der Waals surface area contributed by atoms with Crippen LogP contribution in [0.15, 0.2) is 35.2 Å². The molecule has 3 rings (SSSR count). The number of rotatable bonds is 7. The normalized spacial score (nSPS) is 17.7. The van der Waals surface area contributed by atoms with Crippen molar-refractivity contribution in [3.8, 4) is 11.5 Å². The van der Waals surface area contributed by atoms with E-state index in [4.69, 9.17) is 26.8 Å². The number of anilines is 2. The molecule has 1 aliphatic rings. The lowest BCUT2D eigenvalue weighted by Gasteiger charge is -2.24. The van der Waals surface area contributed by atoms with E-state index in [1.54, 1.807) is 32.4 Å². The summed E-state index contributed by atoms with van der Waals surface area (Å²) in [6.07, 6.45) is 2.11. The predicted octanol–water partition coefficient (Wildman–Crippen LogP) is 3.47. The third-order valence-corrected chi connectivity index (χ3v) is 6.64. The first kappa shape index (κ1) is 22.5. The Morgan fingerprint density at radius 2 is 1.97 bits per heavy atom. The highest BCUT2D eigenvalue weighted by atomic mass is 35.5. The number of benzene rings is 2. The molecule has 0 amide bonds. The smallest absolute Gasteiger partial charge is 0.177 e. The van der Waals surface area contributed by atoms with Crippen LogP contribution in [-0.2, 0) is 9.84 Å². The molecule has 1 aliphatic heterocycles. The van der Waals surface area contributed by atoms with Gasteiger partial charge in [0.1, 0.15) is 0 Å². The highest BCUT2D eigenvalue weighted by Gasteiger charge is 2.24. The second kappa shape index (κ2) is 8.91. The summed E-state index contributed by atoms with van der Waals surface area (Å²) in [5.74, 6) is 1.06. The highest BCUT2D eigenvalue weighted by molar-refractivity contribution is 7.90. The number of nitrogens with one attached hydrogen (secondary N) is 1. The van der Waals surface area contributed by atoms with E-state index in [0.717, 1.165) is 30.8 Å². The molecule has 164 valence electrons. The van der Waals surface area contributed by atoms with Gasteiger partial charge in [0.25, 0.3) is 0 Å².